The number of rotatable bonds is 6. The summed E-state index contributed by atoms with van der Waals surface area (Å²) in [5.41, 5.74) is 1.59. The summed E-state index contributed by atoms with van der Waals surface area (Å²) < 4.78 is 4.07. The van der Waals surface area contributed by atoms with Gasteiger partial charge in [0, 0.05) is 42.5 Å². The summed E-state index contributed by atoms with van der Waals surface area (Å²) in [4.78, 5) is 46.7. The highest BCUT2D eigenvalue weighted by atomic mass is 35.5. The van der Waals surface area contributed by atoms with Gasteiger partial charge >= 0.3 is 5.69 Å². The minimum atomic E-state index is -0.427. The van der Waals surface area contributed by atoms with E-state index in [1.165, 1.54) is 29.3 Å². The zero-order chi connectivity index (χ0) is 23.0. The first-order valence-electron chi connectivity index (χ1n) is 9.90. The largest absolute Gasteiger partial charge is 0.332 e. The summed E-state index contributed by atoms with van der Waals surface area (Å²) in [6, 6.07) is 7.40. The lowest BCUT2D eigenvalue weighted by atomic mass is 10.1. The Hall–Kier alpha value is -3.24. The van der Waals surface area contributed by atoms with E-state index in [1.54, 1.807) is 23.7 Å². The third kappa shape index (κ3) is 4.11. The molecule has 0 aliphatic rings. The van der Waals surface area contributed by atoms with E-state index in [2.05, 4.69) is 15.3 Å². The highest BCUT2D eigenvalue weighted by Gasteiger charge is 2.15. The van der Waals surface area contributed by atoms with Gasteiger partial charge in [0.15, 0.2) is 16.3 Å². The molecule has 1 N–H and O–H groups in total. The van der Waals surface area contributed by atoms with E-state index in [4.69, 9.17) is 11.6 Å². The first-order valence-corrected chi connectivity index (χ1v) is 11.1. The van der Waals surface area contributed by atoms with Crippen molar-refractivity contribution < 1.29 is 4.79 Å². The van der Waals surface area contributed by atoms with Crippen LogP contribution in [0, 0.1) is 6.92 Å². The van der Waals surface area contributed by atoms with Gasteiger partial charge in [-0.3, -0.25) is 18.7 Å². The number of nitrogens with zero attached hydrogens (tertiary/aromatic N) is 5. The molecular weight excluding hydrogens is 452 g/mol. The average molecular weight is 473 g/mol. The van der Waals surface area contributed by atoms with Crippen molar-refractivity contribution in [1.82, 2.24) is 23.7 Å². The van der Waals surface area contributed by atoms with E-state index in [-0.39, 0.29) is 12.3 Å². The molecule has 4 rings (SSSR count). The topological polar surface area (TPSA) is 104 Å². The van der Waals surface area contributed by atoms with Crippen molar-refractivity contribution in [1.29, 1.82) is 0 Å². The number of carbonyl (C=O) groups excluding carboxylic acids is 1. The lowest BCUT2D eigenvalue weighted by Crippen LogP contribution is -2.37. The molecule has 0 spiro atoms. The second-order valence-electron chi connectivity index (χ2n) is 7.40. The molecule has 3 aromatic heterocycles. The van der Waals surface area contributed by atoms with Gasteiger partial charge in [0.25, 0.3) is 5.56 Å². The minimum absolute atomic E-state index is 0.161. The number of anilines is 1. The summed E-state index contributed by atoms with van der Waals surface area (Å²) in [5, 5.41) is 4.03. The summed E-state index contributed by atoms with van der Waals surface area (Å²) >= 11 is 7.36. The van der Waals surface area contributed by atoms with Crippen LogP contribution in [-0.4, -0.2) is 29.6 Å². The molecule has 0 bridgehead atoms. The number of aromatic nitrogens is 5. The Morgan fingerprint density at radius 1 is 1.16 bits per heavy atom. The molecule has 0 aliphatic carbocycles. The van der Waals surface area contributed by atoms with Crippen LogP contribution in [0.5, 0.6) is 0 Å². The lowest BCUT2D eigenvalue weighted by Gasteiger charge is -2.06. The summed E-state index contributed by atoms with van der Waals surface area (Å²) in [5.74, 6) is -0.161. The molecule has 11 heteroatoms. The molecule has 0 aliphatic heterocycles. The van der Waals surface area contributed by atoms with Crippen LogP contribution in [0.15, 0.2) is 40.2 Å². The smallest absolute Gasteiger partial charge is 0.325 e. The van der Waals surface area contributed by atoms with Crippen molar-refractivity contribution in [2.45, 2.75) is 26.3 Å². The Morgan fingerprint density at radius 2 is 1.88 bits per heavy atom. The molecule has 0 atom stereocenters. The molecule has 0 saturated carbocycles. The molecule has 3 heterocycles. The summed E-state index contributed by atoms with van der Waals surface area (Å²) in [6.45, 7) is 2.37. The SMILES string of the molecule is Cc1sc(NC(=O)CCCn2cnc3c2c(=O)n(C)c(=O)n3C)nc1-c1ccc(Cl)cc1. The van der Waals surface area contributed by atoms with E-state index < -0.39 is 11.2 Å². The first kappa shape index (κ1) is 22.0. The number of imidazole rings is 1. The van der Waals surface area contributed by atoms with Gasteiger partial charge in [-0.15, -0.1) is 11.3 Å². The third-order valence-corrected chi connectivity index (χ3v) is 6.32. The second-order valence-corrected chi connectivity index (χ2v) is 9.04. The predicted molar refractivity (Wildman–Crippen MR) is 125 cm³/mol. The Bertz CT molecular complexity index is 1430. The van der Waals surface area contributed by atoms with Gasteiger partial charge in [0.2, 0.25) is 5.91 Å². The third-order valence-electron chi connectivity index (χ3n) is 5.18. The van der Waals surface area contributed by atoms with Crippen LogP contribution < -0.4 is 16.6 Å². The zero-order valence-electron chi connectivity index (χ0n) is 17.8. The lowest BCUT2D eigenvalue weighted by molar-refractivity contribution is -0.116. The number of nitrogens with one attached hydrogen (secondary N) is 1. The van der Waals surface area contributed by atoms with Gasteiger partial charge in [-0.1, -0.05) is 23.7 Å². The monoisotopic (exact) mass is 472 g/mol. The standard InChI is InChI=1S/C21H21ClN6O3S/c1-12-16(13-6-8-14(22)9-7-13)25-20(32-12)24-15(29)5-4-10-28-11-23-18-17(28)19(30)27(3)21(31)26(18)2/h6-9,11H,4-5,10H2,1-3H3,(H,24,25,29). The number of carbonyl (C=O) groups is 1. The molecule has 0 fully saturated rings. The number of thiazole rings is 1. The number of hydrogen-bond acceptors (Lipinski definition) is 6. The maximum absolute atomic E-state index is 12.5. The van der Waals surface area contributed by atoms with Crippen LogP contribution in [0.4, 0.5) is 5.13 Å². The Morgan fingerprint density at radius 3 is 2.59 bits per heavy atom. The number of fused-ring (bicyclic) bond motifs is 1. The second kappa shape index (κ2) is 8.71. The van der Waals surface area contributed by atoms with Crippen molar-refractivity contribution in [3.8, 4) is 11.3 Å². The van der Waals surface area contributed by atoms with E-state index in [9.17, 15) is 14.4 Å². The highest BCUT2D eigenvalue weighted by Crippen LogP contribution is 2.31. The molecule has 0 saturated heterocycles. The Labute approximate surface area is 191 Å². The maximum atomic E-state index is 12.5. The minimum Gasteiger partial charge on any atom is -0.325 e. The van der Waals surface area contributed by atoms with Gasteiger partial charge in [0.05, 0.1) is 12.0 Å². The molecule has 1 amide bonds. The fraction of sp³-hybridized carbons (Fsp3) is 0.286. The van der Waals surface area contributed by atoms with Crippen molar-refractivity contribution >= 4 is 45.1 Å². The van der Waals surface area contributed by atoms with Gasteiger partial charge < -0.3 is 9.88 Å². The van der Waals surface area contributed by atoms with Gasteiger partial charge in [-0.05, 0) is 25.5 Å². The fourth-order valence-corrected chi connectivity index (χ4v) is 4.46. The normalized spacial score (nSPS) is 11.2. The van der Waals surface area contributed by atoms with Gasteiger partial charge in [-0.2, -0.15) is 0 Å². The maximum Gasteiger partial charge on any atom is 0.332 e. The molecular formula is C21H21ClN6O3S. The van der Waals surface area contributed by atoms with Crippen LogP contribution in [0.3, 0.4) is 0 Å². The average Bonchev–Trinajstić information content (AvgIpc) is 3.35. The van der Waals surface area contributed by atoms with Crippen LogP contribution in [0.2, 0.25) is 5.02 Å². The fourth-order valence-electron chi connectivity index (χ4n) is 3.48. The molecule has 0 unspecified atom stereocenters. The van der Waals surface area contributed by atoms with Gasteiger partial charge in [0.1, 0.15) is 0 Å². The summed E-state index contributed by atoms with van der Waals surface area (Å²) in [7, 11) is 3.01. The molecule has 4 aromatic rings. The van der Waals surface area contributed by atoms with Crippen LogP contribution in [0.1, 0.15) is 17.7 Å². The number of aryl methyl sites for hydroxylation is 3. The predicted octanol–water partition coefficient (Wildman–Crippen LogP) is 2.94. The molecule has 166 valence electrons. The molecule has 0 radical (unpaired) electrons. The Kier molecular flexibility index (Phi) is 5.98. The Balaban J connectivity index is 1.41. The molecule has 1 aromatic carbocycles. The summed E-state index contributed by atoms with van der Waals surface area (Å²) in [6.07, 6.45) is 2.27. The number of hydrogen-bond donors (Lipinski definition) is 1. The van der Waals surface area contributed by atoms with Crippen LogP contribution in [0.25, 0.3) is 22.4 Å². The van der Waals surface area contributed by atoms with Crippen LogP contribution in [-0.2, 0) is 25.4 Å². The van der Waals surface area contributed by atoms with Crippen molar-refractivity contribution in [2.24, 2.45) is 14.1 Å². The molecule has 9 nitrogen and oxygen atoms in total. The number of amides is 1. The van der Waals surface area contributed by atoms with Crippen molar-refractivity contribution in [2.75, 3.05) is 5.32 Å². The van der Waals surface area contributed by atoms with Crippen LogP contribution >= 0.6 is 22.9 Å². The van der Waals surface area contributed by atoms with E-state index in [0.29, 0.717) is 34.3 Å². The quantitative estimate of drug-likeness (QED) is 0.464. The molecule has 32 heavy (non-hydrogen) atoms. The van der Waals surface area contributed by atoms with Crippen molar-refractivity contribution in [3.05, 3.63) is 61.3 Å². The van der Waals surface area contributed by atoms with E-state index >= 15 is 0 Å². The number of halogens is 1. The zero-order valence-corrected chi connectivity index (χ0v) is 19.3. The van der Waals surface area contributed by atoms with E-state index in [1.807, 2.05) is 19.1 Å². The van der Waals surface area contributed by atoms with Crippen molar-refractivity contribution in [3.63, 3.8) is 0 Å². The first-order chi connectivity index (χ1) is 15.3. The number of benzene rings is 1. The van der Waals surface area contributed by atoms with Gasteiger partial charge in [-0.25, -0.2) is 14.8 Å². The van der Waals surface area contributed by atoms with E-state index in [0.717, 1.165) is 20.7 Å². The highest BCUT2D eigenvalue weighted by molar-refractivity contribution is 7.16.